The Kier molecular flexibility index (Phi) is 4.34. The minimum Gasteiger partial charge on any atom is -0.322 e. The Bertz CT molecular complexity index is 825. The van der Waals surface area contributed by atoms with E-state index < -0.39 is 10.8 Å². The van der Waals surface area contributed by atoms with Crippen LogP contribution in [-0.4, -0.2) is 26.2 Å². The molecule has 116 valence electrons. The number of carbonyl (C=O) groups excluding carboxylic acids is 1. The molecule has 1 aromatic heterocycles. The predicted octanol–water partition coefficient (Wildman–Crippen LogP) is 2.86. The van der Waals surface area contributed by atoms with Gasteiger partial charge in [-0.05, 0) is 54.6 Å². The molecular weight excluding hydrogens is 310 g/mol. The summed E-state index contributed by atoms with van der Waals surface area (Å²) < 4.78 is 13.1. The van der Waals surface area contributed by atoms with Crippen LogP contribution in [0.2, 0.25) is 0 Å². The molecule has 1 atom stereocenters. The number of amides is 1. The van der Waals surface area contributed by atoms with E-state index in [4.69, 9.17) is 0 Å². The van der Waals surface area contributed by atoms with E-state index in [1.807, 2.05) is 36.5 Å². The summed E-state index contributed by atoms with van der Waals surface area (Å²) in [6.45, 7) is 0. The summed E-state index contributed by atoms with van der Waals surface area (Å²) in [5, 5.41) is 6.99. The summed E-state index contributed by atoms with van der Waals surface area (Å²) in [5.41, 5.74) is 2.15. The fourth-order valence-electron chi connectivity index (χ4n) is 2.12. The third-order valence-electron chi connectivity index (χ3n) is 3.34. The SMILES string of the molecule is CS(=O)c1ccc(C(=O)Nc2ccc(-n3cccn3)cc2)cc1. The molecule has 0 radical (unpaired) electrons. The zero-order chi connectivity index (χ0) is 16.2. The Morgan fingerprint density at radius 1 is 1.09 bits per heavy atom. The Morgan fingerprint density at radius 2 is 1.78 bits per heavy atom. The molecule has 3 aromatic rings. The summed E-state index contributed by atoms with van der Waals surface area (Å²) in [6.07, 6.45) is 5.17. The van der Waals surface area contributed by atoms with Gasteiger partial charge in [0.05, 0.1) is 5.69 Å². The number of hydrogen-bond donors (Lipinski definition) is 1. The highest BCUT2D eigenvalue weighted by atomic mass is 32.2. The largest absolute Gasteiger partial charge is 0.322 e. The monoisotopic (exact) mass is 325 g/mol. The zero-order valence-corrected chi connectivity index (χ0v) is 13.3. The van der Waals surface area contributed by atoms with Gasteiger partial charge in [-0.15, -0.1) is 0 Å². The molecule has 2 aromatic carbocycles. The predicted molar refractivity (Wildman–Crippen MR) is 90.3 cm³/mol. The van der Waals surface area contributed by atoms with Gasteiger partial charge in [0.2, 0.25) is 0 Å². The Hall–Kier alpha value is -2.73. The van der Waals surface area contributed by atoms with E-state index in [1.165, 1.54) is 0 Å². The van der Waals surface area contributed by atoms with Crippen molar-refractivity contribution in [2.45, 2.75) is 4.90 Å². The summed E-state index contributed by atoms with van der Waals surface area (Å²) in [5.74, 6) is -0.203. The first-order valence-electron chi connectivity index (χ1n) is 6.98. The van der Waals surface area contributed by atoms with Crippen molar-refractivity contribution in [3.8, 4) is 5.69 Å². The Morgan fingerprint density at radius 3 is 2.35 bits per heavy atom. The molecule has 1 unspecified atom stereocenters. The number of hydrogen-bond acceptors (Lipinski definition) is 3. The highest BCUT2D eigenvalue weighted by Gasteiger charge is 2.07. The lowest BCUT2D eigenvalue weighted by Gasteiger charge is -2.07. The average molecular weight is 325 g/mol. The van der Waals surface area contributed by atoms with Crippen molar-refractivity contribution < 1.29 is 9.00 Å². The lowest BCUT2D eigenvalue weighted by Crippen LogP contribution is -2.11. The molecule has 0 bridgehead atoms. The lowest BCUT2D eigenvalue weighted by atomic mass is 10.2. The molecule has 0 aliphatic heterocycles. The first kappa shape index (κ1) is 15.2. The normalized spacial score (nSPS) is 11.9. The lowest BCUT2D eigenvalue weighted by molar-refractivity contribution is 0.102. The summed E-state index contributed by atoms with van der Waals surface area (Å²) in [7, 11) is -1.05. The molecular formula is C17H15N3O2S. The van der Waals surface area contributed by atoms with E-state index in [2.05, 4.69) is 10.4 Å². The van der Waals surface area contributed by atoms with Crippen LogP contribution in [0.5, 0.6) is 0 Å². The number of nitrogens with zero attached hydrogens (tertiary/aromatic N) is 2. The Balaban J connectivity index is 1.71. The van der Waals surface area contributed by atoms with Crippen LogP contribution in [-0.2, 0) is 10.8 Å². The molecule has 0 saturated carbocycles. The van der Waals surface area contributed by atoms with E-state index in [9.17, 15) is 9.00 Å². The third-order valence-corrected chi connectivity index (χ3v) is 4.28. The first-order valence-corrected chi connectivity index (χ1v) is 8.54. The molecule has 0 aliphatic rings. The van der Waals surface area contributed by atoms with E-state index in [0.29, 0.717) is 16.1 Å². The van der Waals surface area contributed by atoms with Crippen LogP contribution in [0.3, 0.4) is 0 Å². The van der Waals surface area contributed by atoms with Gasteiger partial charge in [0.15, 0.2) is 0 Å². The van der Waals surface area contributed by atoms with Gasteiger partial charge in [0, 0.05) is 45.6 Å². The minimum absolute atomic E-state index is 0.203. The highest BCUT2D eigenvalue weighted by Crippen LogP contribution is 2.14. The molecule has 1 heterocycles. The smallest absolute Gasteiger partial charge is 0.255 e. The number of nitrogens with one attached hydrogen (secondary N) is 1. The molecule has 0 aliphatic carbocycles. The van der Waals surface area contributed by atoms with Gasteiger partial charge in [-0.25, -0.2) is 4.68 Å². The van der Waals surface area contributed by atoms with Crippen LogP contribution >= 0.6 is 0 Å². The molecule has 0 saturated heterocycles. The molecule has 6 heteroatoms. The average Bonchev–Trinajstić information content (AvgIpc) is 3.10. The van der Waals surface area contributed by atoms with E-state index in [-0.39, 0.29) is 5.91 Å². The van der Waals surface area contributed by atoms with Gasteiger partial charge in [-0.3, -0.25) is 9.00 Å². The second-order valence-corrected chi connectivity index (χ2v) is 6.31. The summed E-state index contributed by atoms with van der Waals surface area (Å²) in [4.78, 5) is 12.9. The molecule has 0 spiro atoms. The van der Waals surface area contributed by atoms with E-state index in [0.717, 1.165) is 5.69 Å². The molecule has 23 heavy (non-hydrogen) atoms. The van der Waals surface area contributed by atoms with Gasteiger partial charge >= 0.3 is 0 Å². The maximum atomic E-state index is 12.2. The van der Waals surface area contributed by atoms with Crippen LogP contribution in [0.1, 0.15) is 10.4 Å². The number of carbonyl (C=O) groups is 1. The van der Waals surface area contributed by atoms with Gasteiger partial charge in [-0.2, -0.15) is 5.10 Å². The topological polar surface area (TPSA) is 64.0 Å². The van der Waals surface area contributed by atoms with Gasteiger partial charge in [0.1, 0.15) is 0 Å². The fourth-order valence-corrected chi connectivity index (χ4v) is 2.64. The van der Waals surface area contributed by atoms with Gasteiger partial charge < -0.3 is 5.32 Å². The molecule has 1 amide bonds. The molecule has 3 rings (SSSR count). The van der Waals surface area contributed by atoms with Gasteiger partial charge in [0.25, 0.3) is 5.91 Å². The maximum Gasteiger partial charge on any atom is 0.255 e. The van der Waals surface area contributed by atoms with E-state index >= 15 is 0 Å². The van der Waals surface area contributed by atoms with Gasteiger partial charge in [-0.1, -0.05) is 0 Å². The summed E-state index contributed by atoms with van der Waals surface area (Å²) >= 11 is 0. The highest BCUT2D eigenvalue weighted by molar-refractivity contribution is 7.84. The van der Waals surface area contributed by atoms with Crippen LogP contribution in [0, 0.1) is 0 Å². The van der Waals surface area contributed by atoms with Crippen molar-refractivity contribution >= 4 is 22.4 Å². The van der Waals surface area contributed by atoms with Crippen molar-refractivity contribution in [3.05, 3.63) is 72.6 Å². The second-order valence-electron chi connectivity index (χ2n) is 4.93. The Labute approximate surface area is 136 Å². The van der Waals surface area contributed by atoms with Crippen LogP contribution in [0.4, 0.5) is 5.69 Å². The third kappa shape index (κ3) is 3.54. The fraction of sp³-hybridized carbons (Fsp3) is 0.0588. The van der Waals surface area contributed by atoms with Crippen molar-refractivity contribution in [1.29, 1.82) is 0 Å². The van der Waals surface area contributed by atoms with Crippen LogP contribution < -0.4 is 5.32 Å². The first-order chi connectivity index (χ1) is 11.1. The zero-order valence-electron chi connectivity index (χ0n) is 12.5. The van der Waals surface area contributed by atoms with Crippen molar-refractivity contribution in [3.63, 3.8) is 0 Å². The maximum absolute atomic E-state index is 12.2. The minimum atomic E-state index is -1.05. The van der Waals surface area contributed by atoms with Crippen molar-refractivity contribution in [2.24, 2.45) is 0 Å². The number of rotatable bonds is 4. The molecule has 0 fully saturated rings. The van der Waals surface area contributed by atoms with Crippen molar-refractivity contribution in [2.75, 3.05) is 11.6 Å². The quantitative estimate of drug-likeness (QED) is 0.802. The summed E-state index contributed by atoms with van der Waals surface area (Å²) in [6, 6.07) is 16.0. The van der Waals surface area contributed by atoms with Crippen LogP contribution in [0.15, 0.2) is 71.9 Å². The van der Waals surface area contributed by atoms with E-state index in [1.54, 1.807) is 41.4 Å². The second kappa shape index (κ2) is 6.58. The molecule has 5 nitrogen and oxygen atoms in total. The van der Waals surface area contributed by atoms with Crippen LogP contribution in [0.25, 0.3) is 5.69 Å². The van der Waals surface area contributed by atoms with Crippen molar-refractivity contribution in [1.82, 2.24) is 9.78 Å². The standard InChI is InChI=1S/C17H15N3O2S/c1-23(22)16-9-3-13(4-10-16)17(21)19-14-5-7-15(8-6-14)20-12-2-11-18-20/h2-12H,1H3,(H,19,21). The number of anilines is 1. The molecule has 1 N–H and O–H groups in total. The number of benzene rings is 2. The number of aromatic nitrogens is 2.